The van der Waals surface area contributed by atoms with Crippen molar-refractivity contribution in [1.29, 1.82) is 0 Å². The first-order chi connectivity index (χ1) is 6.52. The molecular formula is C11H15N3. The highest BCUT2D eigenvalue weighted by Crippen LogP contribution is 2.29. The number of benzene rings is 1. The standard InChI is InChI=1S/C11H15N3/c1-5-6(2)10-11(7(3)9(5)12)14-8(4)13-10/h12H2,1-4H3,(H,13,14). The Bertz CT molecular complexity index is 464. The van der Waals surface area contributed by atoms with E-state index in [0.717, 1.165) is 33.7 Å². The van der Waals surface area contributed by atoms with Crippen molar-refractivity contribution in [3.05, 3.63) is 22.5 Å². The Kier molecular flexibility index (Phi) is 1.77. The molecule has 0 fully saturated rings. The smallest absolute Gasteiger partial charge is 0.104 e. The zero-order valence-electron chi connectivity index (χ0n) is 9.02. The van der Waals surface area contributed by atoms with Gasteiger partial charge in [-0.2, -0.15) is 0 Å². The summed E-state index contributed by atoms with van der Waals surface area (Å²) in [4.78, 5) is 7.71. The molecule has 1 aromatic carbocycles. The first kappa shape index (κ1) is 9.06. The van der Waals surface area contributed by atoms with Crippen molar-refractivity contribution in [3.63, 3.8) is 0 Å². The molecule has 0 amide bonds. The second kappa shape index (κ2) is 2.74. The van der Waals surface area contributed by atoms with E-state index in [2.05, 4.69) is 16.9 Å². The molecular weight excluding hydrogens is 174 g/mol. The lowest BCUT2D eigenvalue weighted by Crippen LogP contribution is -1.97. The quantitative estimate of drug-likeness (QED) is 0.625. The van der Waals surface area contributed by atoms with Gasteiger partial charge in [0.2, 0.25) is 0 Å². The Morgan fingerprint density at radius 3 is 2.29 bits per heavy atom. The number of hydrogen-bond acceptors (Lipinski definition) is 2. The molecule has 0 saturated heterocycles. The number of rotatable bonds is 0. The third-order valence-electron chi connectivity index (χ3n) is 2.92. The van der Waals surface area contributed by atoms with Crippen LogP contribution in [0.4, 0.5) is 5.69 Å². The maximum absolute atomic E-state index is 6.00. The Hall–Kier alpha value is -1.51. The summed E-state index contributed by atoms with van der Waals surface area (Å²) in [5.74, 6) is 0.941. The summed E-state index contributed by atoms with van der Waals surface area (Å²) in [6, 6.07) is 0. The van der Waals surface area contributed by atoms with Crippen LogP contribution in [-0.4, -0.2) is 9.97 Å². The average molecular weight is 189 g/mol. The van der Waals surface area contributed by atoms with Crippen LogP contribution in [0.3, 0.4) is 0 Å². The maximum Gasteiger partial charge on any atom is 0.104 e. The predicted octanol–water partition coefficient (Wildman–Crippen LogP) is 2.38. The van der Waals surface area contributed by atoms with Gasteiger partial charge < -0.3 is 10.7 Å². The van der Waals surface area contributed by atoms with E-state index in [0.29, 0.717) is 0 Å². The summed E-state index contributed by atoms with van der Waals surface area (Å²) in [7, 11) is 0. The van der Waals surface area contributed by atoms with E-state index < -0.39 is 0 Å². The van der Waals surface area contributed by atoms with E-state index in [9.17, 15) is 0 Å². The molecule has 0 aliphatic carbocycles. The highest BCUT2D eigenvalue weighted by molar-refractivity contribution is 5.88. The van der Waals surface area contributed by atoms with Gasteiger partial charge in [0.25, 0.3) is 0 Å². The lowest BCUT2D eigenvalue weighted by Gasteiger charge is -2.08. The van der Waals surface area contributed by atoms with Crippen LogP contribution in [-0.2, 0) is 0 Å². The maximum atomic E-state index is 6.00. The zero-order chi connectivity index (χ0) is 10.5. The van der Waals surface area contributed by atoms with Crippen molar-refractivity contribution in [2.75, 3.05) is 5.73 Å². The van der Waals surface area contributed by atoms with Gasteiger partial charge in [0.05, 0.1) is 11.0 Å². The monoisotopic (exact) mass is 189 g/mol. The van der Waals surface area contributed by atoms with Crippen LogP contribution in [0.25, 0.3) is 11.0 Å². The molecule has 0 aliphatic rings. The summed E-state index contributed by atoms with van der Waals surface area (Å²) in [6.07, 6.45) is 0. The Labute approximate surface area is 83.3 Å². The molecule has 0 radical (unpaired) electrons. The van der Waals surface area contributed by atoms with Crippen molar-refractivity contribution in [3.8, 4) is 0 Å². The van der Waals surface area contributed by atoms with Gasteiger partial charge in [-0.3, -0.25) is 0 Å². The molecule has 2 aromatic rings. The van der Waals surface area contributed by atoms with Gasteiger partial charge in [0.1, 0.15) is 5.82 Å². The van der Waals surface area contributed by atoms with E-state index in [1.54, 1.807) is 0 Å². The Balaban J connectivity index is 3.01. The van der Waals surface area contributed by atoms with E-state index in [4.69, 9.17) is 5.73 Å². The van der Waals surface area contributed by atoms with Gasteiger partial charge in [-0.15, -0.1) is 0 Å². The van der Waals surface area contributed by atoms with E-state index in [-0.39, 0.29) is 0 Å². The third-order valence-corrected chi connectivity index (χ3v) is 2.92. The molecule has 0 aliphatic heterocycles. The highest BCUT2D eigenvalue weighted by atomic mass is 14.9. The lowest BCUT2D eigenvalue weighted by atomic mass is 10.0. The minimum Gasteiger partial charge on any atom is -0.398 e. The van der Waals surface area contributed by atoms with Gasteiger partial charge in [-0.05, 0) is 38.8 Å². The van der Waals surface area contributed by atoms with E-state index in [1.165, 1.54) is 5.56 Å². The molecule has 0 spiro atoms. The fourth-order valence-corrected chi connectivity index (χ4v) is 1.83. The first-order valence-electron chi connectivity index (χ1n) is 4.74. The van der Waals surface area contributed by atoms with E-state index >= 15 is 0 Å². The minimum absolute atomic E-state index is 0.863. The van der Waals surface area contributed by atoms with Crippen LogP contribution >= 0.6 is 0 Å². The normalized spacial score (nSPS) is 11.1. The molecule has 3 heteroatoms. The second-order valence-corrected chi connectivity index (χ2v) is 3.83. The van der Waals surface area contributed by atoms with Crippen LogP contribution in [0.1, 0.15) is 22.5 Å². The molecule has 0 bridgehead atoms. The second-order valence-electron chi connectivity index (χ2n) is 3.83. The molecule has 1 heterocycles. The number of anilines is 1. The highest BCUT2D eigenvalue weighted by Gasteiger charge is 2.12. The molecule has 0 unspecified atom stereocenters. The summed E-state index contributed by atoms with van der Waals surface area (Å²) in [6.45, 7) is 8.10. The van der Waals surface area contributed by atoms with Gasteiger partial charge in [-0.25, -0.2) is 4.98 Å². The number of imidazole rings is 1. The lowest BCUT2D eigenvalue weighted by molar-refractivity contribution is 1.17. The predicted molar refractivity (Wildman–Crippen MR) is 59.5 cm³/mol. The number of fused-ring (bicyclic) bond motifs is 1. The molecule has 2 rings (SSSR count). The summed E-state index contributed by atoms with van der Waals surface area (Å²) in [5.41, 5.74) is 12.4. The summed E-state index contributed by atoms with van der Waals surface area (Å²) < 4.78 is 0. The topological polar surface area (TPSA) is 54.7 Å². The molecule has 0 atom stereocenters. The number of nitrogens with zero attached hydrogens (tertiary/aromatic N) is 1. The summed E-state index contributed by atoms with van der Waals surface area (Å²) in [5, 5.41) is 0. The number of nitrogens with one attached hydrogen (secondary N) is 1. The number of H-pyrrole nitrogens is 1. The van der Waals surface area contributed by atoms with Crippen LogP contribution < -0.4 is 5.73 Å². The number of nitrogen functional groups attached to an aromatic ring is 1. The van der Waals surface area contributed by atoms with Crippen molar-refractivity contribution in [1.82, 2.24) is 9.97 Å². The van der Waals surface area contributed by atoms with Crippen molar-refractivity contribution in [2.24, 2.45) is 0 Å². The Morgan fingerprint density at radius 2 is 1.64 bits per heavy atom. The zero-order valence-corrected chi connectivity index (χ0v) is 9.02. The number of aryl methyl sites for hydroxylation is 3. The molecule has 0 saturated carbocycles. The van der Waals surface area contributed by atoms with Crippen LogP contribution in [0.15, 0.2) is 0 Å². The van der Waals surface area contributed by atoms with Gasteiger partial charge >= 0.3 is 0 Å². The van der Waals surface area contributed by atoms with Crippen molar-refractivity contribution < 1.29 is 0 Å². The number of aromatic nitrogens is 2. The van der Waals surface area contributed by atoms with Crippen molar-refractivity contribution in [2.45, 2.75) is 27.7 Å². The average Bonchev–Trinajstić information content (AvgIpc) is 2.54. The van der Waals surface area contributed by atoms with Gasteiger partial charge in [0.15, 0.2) is 0 Å². The van der Waals surface area contributed by atoms with Gasteiger partial charge in [-0.1, -0.05) is 0 Å². The van der Waals surface area contributed by atoms with Crippen LogP contribution in [0.5, 0.6) is 0 Å². The fraction of sp³-hybridized carbons (Fsp3) is 0.364. The number of hydrogen-bond donors (Lipinski definition) is 2. The van der Waals surface area contributed by atoms with Crippen molar-refractivity contribution >= 4 is 16.7 Å². The Morgan fingerprint density at radius 1 is 1.00 bits per heavy atom. The number of aromatic amines is 1. The SMILES string of the molecule is Cc1nc2c(C)c(N)c(C)c(C)c2[nH]1. The first-order valence-corrected chi connectivity index (χ1v) is 4.74. The van der Waals surface area contributed by atoms with Crippen LogP contribution in [0.2, 0.25) is 0 Å². The largest absolute Gasteiger partial charge is 0.398 e. The molecule has 3 N–H and O–H groups in total. The minimum atomic E-state index is 0.863. The third kappa shape index (κ3) is 1.02. The molecule has 3 nitrogen and oxygen atoms in total. The summed E-state index contributed by atoms with van der Waals surface area (Å²) >= 11 is 0. The van der Waals surface area contributed by atoms with Crippen LogP contribution in [0, 0.1) is 27.7 Å². The molecule has 1 aromatic heterocycles. The number of nitrogens with two attached hydrogens (primary N) is 1. The molecule has 14 heavy (non-hydrogen) atoms. The fourth-order valence-electron chi connectivity index (χ4n) is 1.83. The van der Waals surface area contributed by atoms with Gasteiger partial charge in [0, 0.05) is 11.3 Å². The van der Waals surface area contributed by atoms with E-state index in [1.807, 2.05) is 20.8 Å². The molecule has 74 valence electrons.